The van der Waals surface area contributed by atoms with Crippen LogP contribution in [0.2, 0.25) is 0 Å². The average molecular weight is 480 g/mol. The SMILES string of the molecule is CCOC(=O)c1ccc(NC(=O)/C(C#N)=C\c2c(Oc3ccccc3)nc3ccccn3c2=O)cc1. The van der Waals surface area contributed by atoms with E-state index in [2.05, 4.69) is 10.3 Å². The maximum absolute atomic E-state index is 13.2. The van der Waals surface area contributed by atoms with Crippen molar-refractivity contribution in [1.29, 1.82) is 5.26 Å². The summed E-state index contributed by atoms with van der Waals surface area (Å²) < 4.78 is 12.1. The average Bonchev–Trinajstić information content (AvgIpc) is 2.90. The van der Waals surface area contributed by atoms with Crippen molar-refractivity contribution in [3.8, 4) is 17.7 Å². The van der Waals surface area contributed by atoms with Crippen LogP contribution in [-0.4, -0.2) is 27.9 Å². The van der Waals surface area contributed by atoms with Gasteiger partial charge in [0, 0.05) is 11.9 Å². The Balaban J connectivity index is 1.69. The van der Waals surface area contributed by atoms with E-state index in [0.717, 1.165) is 6.08 Å². The summed E-state index contributed by atoms with van der Waals surface area (Å²) in [6.07, 6.45) is 2.68. The van der Waals surface area contributed by atoms with Gasteiger partial charge in [-0.05, 0) is 61.5 Å². The number of rotatable bonds is 7. The summed E-state index contributed by atoms with van der Waals surface area (Å²) in [4.78, 5) is 42.3. The van der Waals surface area contributed by atoms with Gasteiger partial charge in [0.1, 0.15) is 28.6 Å². The first kappa shape index (κ1) is 23.9. The third kappa shape index (κ3) is 5.29. The number of para-hydroxylation sites is 1. The van der Waals surface area contributed by atoms with Crippen molar-refractivity contribution in [2.24, 2.45) is 0 Å². The Morgan fingerprint density at radius 3 is 2.47 bits per heavy atom. The van der Waals surface area contributed by atoms with Crippen molar-refractivity contribution in [2.75, 3.05) is 11.9 Å². The van der Waals surface area contributed by atoms with Gasteiger partial charge in [0.25, 0.3) is 11.5 Å². The van der Waals surface area contributed by atoms with Crippen LogP contribution in [0.25, 0.3) is 11.7 Å². The zero-order valence-corrected chi connectivity index (χ0v) is 19.2. The second-order valence-corrected chi connectivity index (χ2v) is 7.40. The molecule has 0 fully saturated rings. The molecular weight excluding hydrogens is 460 g/mol. The number of nitrogens with one attached hydrogen (secondary N) is 1. The van der Waals surface area contributed by atoms with E-state index in [1.807, 2.05) is 12.1 Å². The van der Waals surface area contributed by atoms with Gasteiger partial charge in [-0.3, -0.25) is 14.0 Å². The number of anilines is 1. The van der Waals surface area contributed by atoms with E-state index in [9.17, 15) is 19.6 Å². The maximum atomic E-state index is 13.2. The molecule has 9 heteroatoms. The van der Waals surface area contributed by atoms with Crippen molar-refractivity contribution in [1.82, 2.24) is 9.38 Å². The third-order valence-electron chi connectivity index (χ3n) is 5.00. The van der Waals surface area contributed by atoms with Crippen LogP contribution in [0.1, 0.15) is 22.8 Å². The second-order valence-electron chi connectivity index (χ2n) is 7.40. The zero-order chi connectivity index (χ0) is 25.5. The van der Waals surface area contributed by atoms with Crippen LogP contribution in [0.5, 0.6) is 11.6 Å². The van der Waals surface area contributed by atoms with Crippen LogP contribution in [0.15, 0.2) is 89.4 Å². The van der Waals surface area contributed by atoms with Gasteiger partial charge in [0.05, 0.1) is 12.2 Å². The standard InChI is InChI=1S/C27H20N4O5/c1-2-35-27(34)18-11-13-20(14-12-18)29-24(32)19(17-28)16-22-25(36-21-8-4-3-5-9-21)30-23-10-6-7-15-31(23)26(22)33/h3-16H,2H2,1H3,(H,29,32)/b19-16-. The van der Waals surface area contributed by atoms with Crippen LogP contribution >= 0.6 is 0 Å². The molecule has 0 saturated carbocycles. The highest BCUT2D eigenvalue weighted by Gasteiger charge is 2.18. The van der Waals surface area contributed by atoms with Gasteiger partial charge in [0.15, 0.2) is 0 Å². The molecule has 2 aromatic heterocycles. The molecule has 2 aromatic carbocycles. The first-order valence-electron chi connectivity index (χ1n) is 10.9. The predicted octanol–water partition coefficient (Wildman–Crippen LogP) is 4.21. The smallest absolute Gasteiger partial charge is 0.338 e. The summed E-state index contributed by atoms with van der Waals surface area (Å²) in [5.74, 6) is -0.839. The molecule has 9 nitrogen and oxygen atoms in total. The number of esters is 1. The molecule has 0 radical (unpaired) electrons. The number of benzene rings is 2. The number of pyridine rings is 1. The molecule has 178 valence electrons. The van der Waals surface area contributed by atoms with E-state index in [4.69, 9.17) is 9.47 Å². The van der Waals surface area contributed by atoms with Gasteiger partial charge in [-0.2, -0.15) is 10.2 Å². The molecule has 4 rings (SSSR count). The summed E-state index contributed by atoms with van der Waals surface area (Å²) >= 11 is 0. The molecule has 0 unspecified atom stereocenters. The minimum atomic E-state index is -0.746. The zero-order valence-electron chi connectivity index (χ0n) is 19.2. The molecule has 0 saturated heterocycles. The van der Waals surface area contributed by atoms with Crippen molar-refractivity contribution in [3.05, 3.63) is 106 Å². The Kier molecular flexibility index (Phi) is 7.17. The number of aromatic nitrogens is 2. The number of hydrogen-bond acceptors (Lipinski definition) is 7. The molecule has 2 heterocycles. The third-order valence-corrected chi connectivity index (χ3v) is 5.00. The molecule has 0 atom stereocenters. The van der Waals surface area contributed by atoms with Gasteiger partial charge in [0.2, 0.25) is 5.88 Å². The van der Waals surface area contributed by atoms with Crippen LogP contribution in [0.4, 0.5) is 5.69 Å². The normalized spacial score (nSPS) is 10.9. The summed E-state index contributed by atoms with van der Waals surface area (Å²) in [5, 5.41) is 12.3. The van der Waals surface area contributed by atoms with Crippen molar-refractivity contribution >= 4 is 29.3 Å². The van der Waals surface area contributed by atoms with Crippen LogP contribution in [0.3, 0.4) is 0 Å². The van der Waals surface area contributed by atoms with E-state index in [1.54, 1.807) is 49.4 Å². The van der Waals surface area contributed by atoms with E-state index in [0.29, 0.717) is 22.6 Å². The molecule has 0 bridgehead atoms. The molecule has 0 aliphatic heterocycles. The highest BCUT2D eigenvalue weighted by atomic mass is 16.5. The molecule has 0 aliphatic rings. The summed E-state index contributed by atoms with van der Waals surface area (Å²) in [6, 6.07) is 21.6. The fourth-order valence-electron chi connectivity index (χ4n) is 3.28. The van der Waals surface area contributed by atoms with Crippen molar-refractivity contribution in [2.45, 2.75) is 6.92 Å². The van der Waals surface area contributed by atoms with E-state index in [-0.39, 0.29) is 23.6 Å². The van der Waals surface area contributed by atoms with E-state index >= 15 is 0 Å². The lowest BCUT2D eigenvalue weighted by molar-refractivity contribution is -0.112. The van der Waals surface area contributed by atoms with E-state index < -0.39 is 17.4 Å². The summed E-state index contributed by atoms with van der Waals surface area (Å²) in [6.45, 7) is 1.95. The largest absolute Gasteiger partial charge is 0.462 e. The quantitative estimate of drug-likeness (QED) is 0.239. The Bertz CT molecular complexity index is 1550. The topological polar surface area (TPSA) is 123 Å². The fraction of sp³-hybridized carbons (Fsp3) is 0.0741. The summed E-state index contributed by atoms with van der Waals surface area (Å²) in [5.41, 5.74) is 0.109. The van der Waals surface area contributed by atoms with Gasteiger partial charge >= 0.3 is 5.97 Å². The Labute approximate surface area is 205 Å². The molecule has 1 amide bonds. The summed E-state index contributed by atoms with van der Waals surface area (Å²) in [7, 11) is 0. The number of ether oxygens (including phenoxy) is 2. The monoisotopic (exact) mass is 480 g/mol. The molecular formula is C27H20N4O5. The molecule has 1 N–H and O–H groups in total. The Morgan fingerprint density at radius 1 is 1.06 bits per heavy atom. The molecule has 4 aromatic rings. The van der Waals surface area contributed by atoms with E-state index in [1.165, 1.54) is 34.9 Å². The minimum Gasteiger partial charge on any atom is -0.462 e. The maximum Gasteiger partial charge on any atom is 0.338 e. The Hall–Kier alpha value is -5.23. The molecule has 0 spiro atoms. The van der Waals surface area contributed by atoms with Crippen LogP contribution in [0, 0.1) is 11.3 Å². The number of carbonyl (C=O) groups is 2. The number of nitriles is 1. The number of nitrogens with zero attached hydrogens (tertiary/aromatic N) is 3. The minimum absolute atomic E-state index is 0.0447. The van der Waals surface area contributed by atoms with Gasteiger partial charge in [-0.25, -0.2) is 4.79 Å². The molecule has 0 aliphatic carbocycles. The Morgan fingerprint density at radius 2 is 1.78 bits per heavy atom. The number of hydrogen-bond donors (Lipinski definition) is 1. The number of carbonyl (C=O) groups excluding carboxylic acids is 2. The van der Waals surface area contributed by atoms with Gasteiger partial charge in [-0.15, -0.1) is 0 Å². The second kappa shape index (κ2) is 10.8. The lowest BCUT2D eigenvalue weighted by Gasteiger charge is -2.10. The highest BCUT2D eigenvalue weighted by molar-refractivity contribution is 6.10. The van der Waals surface area contributed by atoms with Gasteiger partial charge in [-0.1, -0.05) is 24.3 Å². The first-order chi connectivity index (χ1) is 17.5. The number of amides is 1. The fourth-order valence-corrected chi connectivity index (χ4v) is 3.28. The van der Waals surface area contributed by atoms with Crippen LogP contribution < -0.4 is 15.6 Å². The lowest BCUT2D eigenvalue weighted by Crippen LogP contribution is -2.20. The first-order valence-corrected chi connectivity index (χ1v) is 10.9. The van der Waals surface area contributed by atoms with Gasteiger partial charge < -0.3 is 14.8 Å². The van der Waals surface area contributed by atoms with Crippen LogP contribution in [-0.2, 0) is 9.53 Å². The van der Waals surface area contributed by atoms with Crippen molar-refractivity contribution < 1.29 is 19.1 Å². The molecule has 36 heavy (non-hydrogen) atoms. The number of fused-ring (bicyclic) bond motifs is 1. The highest BCUT2D eigenvalue weighted by Crippen LogP contribution is 2.24. The lowest BCUT2D eigenvalue weighted by atomic mass is 10.1. The van der Waals surface area contributed by atoms with Crippen molar-refractivity contribution in [3.63, 3.8) is 0 Å². The predicted molar refractivity (Wildman–Crippen MR) is 133 cm³/mol.